The second kappa shape index (κ2) is 117. The van der Waals surface area contributed by atoms with Crippen LogP contribution in [0.3, 0.4) is 0 Å². The van der Waals surface area contributed by atoms with E-state index in [-0.39, 0.29) is 0 Å². The van der Waals surface area contributed by atoms with Gasteiger partial charge in [0.15, 0.2) is 0 Å². The van der Waals surface area contributed by atoms with Gasteiger partial charge in [-0.3, -0.25) is 28.8 Å². The Hall–Kier alpha value is -1.97. The minimum atomic E-state index is 1.11. The molecule has 1 rings (SSSR count). The van der Waals surface area contributed by atoms with Gasteiger partial charge in [-0.15, -0.1) is 0 Å². The van der Waals surface area contributed by atoms with Gasteiger partial charge in [0.05, 0.1) is 0 Å². The number of allylic oxidation sites excluding steroid dienone is 4. The molecule has 18 heavy (non-hydrogen) atoms. The Morgan fingerprint density at radius 1 is 0.722 bits per heavy atom. The van der Waals surface area contributed by atoms with Crippen molar-refractivity contribution in [3.8, 4) is 0 Å². The van der Waals surface area contributed by atoms with Gasteiger partial charge < -0.3 is 0 Å². The average molecular weight is 285 g/mol. The molecule has 0 amide bonds. The molecule has 0 heterocycles. The Morgan fingerprint density at radius 3 is 1.06 bits per heavy atom. The standard InChI is InChI=1S/C5H5.6CO.Cr/c1-2-4-5-3-1;6*1-2;/h1-3H,4H2;;;;;;;. The van der Waals surface area contributed by atoms with E-state index in [9.17, 15) is 0 Å². The minimum absolute atomic E-state index is 1.11. The molecule has 0 aromatic carbocycles. The fraction of sp³-hybridized carbons (Fsp3) is 0.0909. The maximum atomic E-state index is 7.50. The van der Waals surface area contributed by atoms with Crippen LogP contribution in [-0.4, -0.2) is 40.7 Å². The molecule has 1 aliphatic rings. The summed E-state index contributed by atoms with van der Waals surface area (Å²) in [4.78, 5) is 45.0. The van der Waals surface area contributed by atoms with Crippen molar-refractivity contribution in [2.75, 3.05) is 0 Å². The molecule has 0 N–H and O–H groups in total. The van der Waals surface area contributed by atoms with Crippen LogP contribution in [0.2, 0.25) is 0 Å². The van der Waals surface area contributed by atoms with Crippen LogP contribution >= 0.6 is 0 Å². The molecule has 12 radical (unpaired) electrons. The van der Waals surface area contributed by atoms with Crippen LogP contribution < -0.4 is 0 Å². The number of hydrogen-bond donors (Lipinski definition) is 0. The summed E-state index contributed by atoms with van der Waals surface area (Å²) < 4.78 is 1.34. The van der Waals surface area contributed by atoms with Crippen molar-refractivity contribution >= 4 is 40.7 Å². The van der Waals surface area contributed by atoms with E-state index >= 15 is 0 Å². The van der Waals surface area contributed by atoms with Gasteiger partial charge in [-0.2, -0.15) is 0 Å². The molecule has 91 valence electrons. The van der Waals surface area contributed by atoms with E-state index in [1.165, 1.54) is 4.44 Å². The van der Waals surface area contributed by atoms with Crippen LogP contribution in [0.4, 0.5) is 0 Å². The van der Waals surface area contributed by atoms with Crippen molar-refractivity contribution in [1.82, 2.24) is 0 Å². The number of carbonyl (C=O) groups excluding carboxylic acids is 6. The van der Waals surface area contributed by atoms with Crippen LogP contribution in [-0.2, 0) is 45.1 Å². The van der Waals surface area contributed by atoms with Crippen molar-refractivity contribution in [3.05, 3.63) is 22.7 Å². The SMILES string of the molecule is [C]=O.[C]=O.[C]=O.[C]=O.[C]=O.[C]=O.[Cr][C]1=CC=CC1. The zero-order chi connectivity index (χ0) is 16.4. The predicted molar refractivity (Wildman–Crippen MR) is 56.0 cm³/mol. The second-order valence-corrected chi connectivity index (χ2v) is 2.08. The maximum absolute atomic E-state index is 7.50. The first-order chi connectivity index (χ1) is 8.89. The van der Waals surface area contributed by atoms with E-state index in [1.807, 2.05) is 0 Å². The van der Waals surface area contributed by atoms with Crippen LogP contribution in [0, 0.1) is 0 Å². The van der Waals surface area contributed by atoms with E-state index < -0.39 is 0 Å². The van der Waals surface area contributed by atoms with Crippen molar-refractivity contribution < 1.29 is 45.1 Å². The number of rotatable bonds is 0. The third kappa shape index (κ3) is 94.1. The number of hydrogen-bond acceptors (Lipinski definition) is 6. The van der Waals surface area contributed by atoms with Crippen LogP contribution in [0.5, 0.6) is 0 Å². The van der Waals surface area contributed by atoms with Gasteiger partial charge in [0.2, 0.25) is 0 Å². The third-order valence-electron chi connectivity index (χ3n) is 0.737. The van der Waals surface area contributed by atoms with Gasteiger partial charge in [0.25, 0.3) is 40.7 Å². The van der Waals surface area contributed by atoms with Crippen molar-refractivity contribution in [2.45, 2.75) is 6.42 Å². The molecule has 0 atom stereocenters. The Bertz CT molecular complexity index is 169. The molecule has 0 bridgehead atoms. The van der Waals surface area contributed by atoms with E-state index in [2.05, 4.69) is 75.3 Å². The zero-order valence-corrected chi connectivity index (χ0v) is 10.1. The Balaban J connectivity index is -0.0000000262. The first-order valence-corrected chi connectivity index (χ1v) is 3.78. The summed E-state index contributed by atoms with van der Waals surface area (Å²) in [5.41, 5.74) is 0. The van der Waals surface area contributed by atoms with Gasteiger partial charge in [-0.05, 0) is 0 Å². The Kier molecular flexibility index (Phi) is 234. The average Bonchev–Trinajstić information content (AvgIpc) is 3.02. The summed E-state index contributed by atoms with van der Waals surface area (Å²) in [6.07, 6.45) is 7.39. The quantitative estimate of drug-likeness (QED) is 0.565. The topological polar surface area (TPSA) is 102 Å². The van der Waals surface area contributed by atoms with E-state index in [1.54, 1.807) is 0 Å². The van der Waals surface area contributed by atoms with E-state index in [4.69, 9.17) is 28.8 Å². The van der Waals surface area contributed by atoms with Crippen LogP contribution in [0.15, 0.2) is 22.7 Å². The van der Waals surface area contributed by atoms with Gasteiger partial charge in [0.1, 0.15) is 0 Å². The first-order valence-electron chi connectivity index (χ1n) is 3.15. The third-order valence-corrected chi connectivity index (χ3v) is 1.21. The molecule has 0 unspecified atom stereocenters. The summed E-state index contributed by atoms with van der Waals surface area (Å²) in [5, 5.41) is 0. The summed E-state index contributed by atoms with van der Waals surface area (Å²) in [6.45, 7) is 27.0. The summed E-state index contributed by atoms with van der Waals surface area (Å²) in [5.74, 6) is 0. The van der Waals surface area contributed by atoms with E-state index in [0.29, 0.717) is 0 Å². The molecule has 0 spiro atoms. The molecule has 0 saturated heterocycles. The Labute approximate surface area is 115 Å². The van der Waals surface area contributed by atoms with Crippen molar-refractivity contribution in [2.24, 2.45) is 0 Å². The molecule has 7 heteroatoms. The molecule has 0 aromatic rings. The molecule has 0 aromatic heterocycles. The molecule has 1 aliphatic carbocycles. The van der Waals surface area contributed by atoms with E-state index in [0.717, 1.165) is 6.42 Å². The predicted octanol–water partition coefficient (Wildman–Crippen LogP) is -1.01. The normalized spacial score (nSPS) is 7.44. The molecule has 0 fully saturated rings. The molecular formula is C11H5CrO6. The summed E-state index contributed by atoms with van der Waals surface area (Å²) >= 11 is 2.94. The first kappa shape index (κ1) is 36.0. The second-order valence-electron chi connectivity index (χ2n) is 1.27. The van der Waals surface area contributed by atoms with Crippen LogP contribution in [0.25, 0.3) is 0 Å². The molecule has 0 aliphatic heterocycles. The van der Waals surface area contributed by atoms with Gasteiger partial charge in [-0.1, -0.05) is 0 Å². The fourth-order valence-electron chi connectivity index (χ4n) is 0.428. The summed E-state index contributed by atoms with van der Waals surface area (Å²) in [7, 11) is 0. The van der Waals surface area contributed by atoms with Gasteiger partial charge in [-0.25, -0.2) is 0 Å². The fourth-order valence-corrected chi connectivity index (χ4v) is 0.701. The van der Waals surface area contributed by atoms with Crippen molar-refractivity contribution in [3.63, 3.8) is 0 Å². The summed E-state index contributed by atoms with van der Waals surface area (Å²) in [6, 6.07) is 0. The zero-order valence-electron chi connectivity index (χ0n) is 8.80. The van der Waals surface area contributed by atoms with Gasteiger partial charge in [0, 0.05) is 0 Å². The Morgan fingerprint density at radius 2 is 1.00 bits per heavy atom. The molecular weight excluding hydrogens is 280 g/mol. The van der Waals surface area contributed by atoms with Crippen molar-refractivity contribution in [1.29, 1.82) is 0 Å². The molecule has 0 saturated carbocycles. The monoisotopic (exact) mass is 285 g/mol. The molecule has 6 nitrogen and oxygen atoms in total. The van der Waals surface area contributed by atoms with Gasteiger partial charge >= 0.3 is 45.4 Å². The van der Waals surface area contributed by atoms with Crippen LogP contribution in [0.1, 0.15) is 6.42 Å².